The Balaban J connectivity index is 1.53. The molecule has 0 aliphatic carbocycles. The second-order valence-electron chi connectivity index (χ2n) is 13.9. The van der Waals surface area contributed by atoms with Gasteiger partial charge in [0.25, 0.3) is 0 Å². The molecular formula is C48H37B2N5O4. The van der Waals surface area contributed by atoms with Crippen molar-refractivity contribution in [1.29, 1.82) is 0 Å². The Morgan fingerprint density at radius 1 is 0.661 bits per heavy atom. The van der Waals surface area contributed by atoms with E-state index in [2.05, 4.69) is 24.3 Å². The predicted octanol–water partition coefficient (Wildman–Crippen LogP) is 9.19. The maximum atomic E-state index is 11.4. The fourth-order valence-electron chi connectivity index (χ4n) is 7.67. The molecule has 0 bridgehead atoms. The van der Waals surface area contributed by atoms with Crippen molar-refractivity contribution >= 4 is 72.9 Å². The summed E-state index contributed by atoms with van der Waals surface area (Å²) in [6.45, 7) is 18.4. The van der Waals surface area contributed by atoms with Gasteiger partial charge in [-0.25, -0.2) is 4.98 Å². The molecule has 8 aromatic rings. The number of phenols is 3. The highest BCUT2D eigenvalue weighted by Gasteiger charge is 2.30. The van der Waals surface area contributed by atoms with Crippen LogP contribution in [0.4, 0.5) is 0 Å². The van der Waals surface area contributed by atoms with E-state index < -0.39 is 22.7 Å². The number of aromatic nitrogens is 5. The molecule has 0 saturated carbocycles. The van der Waals surface area contributed by atoms with Crippen LogP contribution in [0.25, 0.3) is 92.0 Å². The summed E-state index contributed by atoms with van der Waals surface area (Å²) in [6.07, 6.45) is 13.1. The number of allylic oxidation sites excluding steroid dienone is 3. The van der Waals surface area contributed by atoms with Crippen LogP contribution < -0.4 is 10.9 Å². The van der Waals surface area contributed by atoms with Crippen molar-refractivity contribution in [2.45, 2.75) is 20.8 Å². The maximum Gasteiger partial charge on any atom is 0.238 e. The highest BCUT2D eigenvalue weighted by molar-refractivity contribution is 6.45. The van der Waals surface area contributed by atoms with Crippen LogP contribution >= 0.6 is 0 Å². The van der Waals surface area contributed by atoms with E-state index in [9.17, 15) is 15.3 Å². The largest absolute Gasteiger partial charge is 0.509 e. The van der Waals surface area contributed by atoms with Crippen LogP contribution in [0.15, 0.2) is 115 Å². The first kappa shape index (κ1) is 38.4. The Morgan fingerprint density at radius 3 is 2.07 bits per heavy atom. The van der Waals surface area contributed by atoms with Crippen molar-refractivity contribution in [1.82, 2.24) is 24.1 Å². The number of aromatic hydroxyl groups is 3. The number of furan rings is 1. The lowest BCUT2D eigenvalue weighted by atomic mass is 9.80. The Morgan fingerprint density at radius 2 is 1.36 bits per heavy atom. The van der Waals surface area contributed by atoms with E-state index in [1.54, 1.807) is 6.08 Å². The minimum absolute atomic E-state index is 0.128. The second kappa shape index (κ2) is 15.1. The first-order valence-corrected chi connectivity index (χ1v) is 18.8. The number of nitrogens with zero attached hydrogens (tertiary/aromatic N) is 5. The zero-order chi connectivity index (χ0) is 41.7. The maximum absolute atomic E-state index is 11.4. The highest BCUT2D eigenvalue weighted by Crippen LogP contribution is 2.43. The molecule has 4 heterocycles. The topological polar surface area (TPSA) is 122 Å². The van der Waals surface area contributed by atoms with E-state index in [0.29, 0.717) is 11.1 Å². The van der Waals surface area contributed by atoms with Crippen molar-refractivity contribution in [2.75, 3.05) is 0 Å². The average Bonchev–Trinajstić information content (AvgIpc) is 3.87. The van der Waals surface area contributed by atoms with Crippen LogP contribution in [-0.4, -0.2) is 55.1 Å². The van der Waals surface area contributed by atoms with Gasteiger partial charge in [-0.3, -0.25) is 4.57 Å². The van der Waals surface area contributed by atoms with Gasteiger partial charge >= 0.3 is 0 Å². The van der Waals surface area contributed by atoms with Crippen LogP contribution in [0.2, 0.25) is 0 Å². The van der Waals surface area contributed by atoms with Gasteiger partial charge in [0.15, 0.2) is 23.1 Å². The molecule has 11 heteroatoms. The van der Waals surface area contributed by atoms with E-state index in [4.69, 9.17) is 35.1 Å². The number of rotatable bonds is 10. The SMILES string of the molecule is [B]c1c(O)c([B])c(-c2nc(-c3ccc4c(c3)oc3ccccc34)nc(-n3c(/C=C\C=C)c(C)c(C)c3-c3c(C=C)c(C=C)c(/C=C\C)n3-c3ccccc3)n2)c(O)c1O. The molecule has 3 N–H and O–H groups in total. The van der Waals surface area contributed by atoms with Crippen LogP contribution in [0.3, 0.4) is 0 Å². The third-order valence-corrected chi connectivity index (χ3v) is 10.6. The molecule has 4 aromatic carbocycles. The first-order valence-electron chi connectivity index (χ1n) is 18.8. The molecule has 4 radical (unpaired) electrons. The smallest absolute Gasteiger partial charge is 0.238 e. The Labute approximate surface area is 343 Å². The molecule has 0 saturated heterocycles. The van der Waals surface area contributed by atoms with Crippen LogP contribution in [0, 0.1) is 13.8 Å². The van der Waals surface area contributed by atoms with Crippen LogP contribution in [0.1, 0.15) is 40.6 Å². The summed E-state index contributed by atoms with van der Waals surface area (Å²) in [5, 5.41) is 35.0. The van der Waals surface area contributed by atoms with Gasteiger partial charge in [0, 0.05) is 33.2 Å². The third-order valence-electron chi connectivity index (χ3n) is 10.6. The Hall–Kier alpha value is -7.52. The molecule has 0 fully saturated rings. The van der Waals surface area contributed by atoms with Gasteiger partial charge < -0.3 is 24.3 Å². The Bertz CT molecular complexity index is 3070. The molecular weight excluding hydrogens is 732 g/mol. The summed E-state index contributed by atoms with van der Waals surface area (Å²) in [5.41, 5.74) is 8.32. The summed E-state index contributed by atoms with van der Waals surface area (Å²) in [7, 11) is 12.4. The molecule has 4 aromatic heterocycles. The first-order chi connectivity index (χ1) is 28.5. The minimum Gasteiger partial charge on any atom is -0.509 e. The van der Waals surface area contributed by atoms with E-state index in [-0.39, 0.29) is 28.6 Å². The quantitative estimate of drug-likeness (QED) is 0.0549. The van der Waals surface area contributed by atoms with Crippen molar-refractivity contribution in [3.63, 3.8) is 0 Å². The zero-order valence-electron chi connectivity index (χ0n) is 32.7. The molecule has 0 aliphatic rings. The van der Waals surface area contributed by atoms with Crippen molar-refractivity contribution in [3.8, 4) is 63.0 Å². The summed E-state index contributed by atoms with van der Waals surface area (Å²) in [5.74, 6) is -1.95. The van der Waals surface area contributed by atoms with Gasteiger partial charge in [-0.05, 0) is 85.3 Å². The van der Waals surface area contributed by atoms with Crippen molar-refractivity contribution < 1.29 is 19.7 Å². The monoisotopic (exact) mass is 769 g/mol. The van der Waals surface area contributed by atoms with Crippen LogP contribution in [0.5, 0.6) is 17.2 Å². The molecule has 59 heavy (non-hydrogen) atoms. The van der Waals surface area contributed by atoms with Gasteiger partial charge in [-0.1, -0.05) is 92.6 Å². The predicted molar refractivity (Wildman–Crippen MR) is 241 cm³/mol. The molecule has 0 spiro atoms. The minimum atomic E-state index is -0.772. The number of para-hydroxylation sites is 2. The third kappa shape index (κ3) is 6.10. The molecule has 8 rings (SSSR count). The van der Waals surface area contributed by atoms with Gasteiger partial charge in [0.1, 0.15) is 32.6 Å². The lowest BCUT2D eigenvalue weighted by molar-refractivity contribution is 0.403. The molecule has 0 unspecified atom stereocenters. The van der Waals surface area contributed by atoms with Crippen molar-refractivity contribution in [3.05, 3.63) is 144 Å². The molecule has 284 valence electrons. The fraction of sp³-hybridized carbons (Fsp3) is 0.0625. The average molecular weight is 769 g/mol. The Kier molecular flexibility index (Phi) is 9.81. The van der Waals surface area contributed by atoms with Gasteiger partial charge in [-0.15, -0.1) is 0 Å². The lowest BCUT2D eigenvalue weighted by Gasteiger charge is -2.19. The molecule has 0 amide bonds. The van der Waals surface area contributed by atoms with Crippen LogP contribution in [-0.2, 0) is 0 Å². The van der Waals surface area contributed by atoms with E-state index in [0.717, 1.165) is 67.1 Å². The molecule has 0 aliphatic heterocycles. The fourth-order valence-corrected chi connectivity index (χ4v) is 7.67. The summed E-state index contributed by atoms with van der Waals surface area (Å²) < 4.78 is 10.3. The zero-order valence-corrected chi connectivity index (χ0v) is 32.7. The number of hydrogen-bond donors (Lipinski definition) is 3. The summed E-state index contributed by atoms with van der Waals surface area (Å²) in [6, 6.07) is 23.4. The summed E-state index contributed by atoms with van der Waals surface area (Å²) in [4.78, 5) is 14.9. The van der Waals surface area contributed by atoms with Crippen molar-refractivity contribution in [2.24, 2.45) is 0 Å². The lowest BCUT2D eigenvalue weighted by Crippen LogP contribution is -2.20. The van der Waals surface area contributed by atoms with Gasteiger partial charge in [-0.2, -0.15) is 9.97 Å². The van der Waals surface area contributed by atoms with E-state index in [1.807, 2.05) is 135 Å². The number of benzene rings is 4. The van der Waals surface area contributed by atoms with Gasteiger partial charge in [0.2, 0.25) is 5.95 Å². The van der Waals surface area contributed by atoms with E-state index >= 15 is 0 Å². The highest BCUT2D eigenvalue weighted by atomic mass is 16.3. The van der Waals surface area contributed by atoms with Gasteiger partial charge in [0.05, 0.1) is 28.3 Å². The number of phenolic OH excluding ortho intramolecular Hbond substituents is 3. The standard InChI is InChI=1S/C48H37B2N5O4/c1-7-11-21-34-26(5)27(6)41(42-31(10-4)30(9-3)35(17-8-2)54(42)29-18-13-12-14-19-29)55(34)48-52-46(28-23-24-33-32-20-15-16-22-36(32)59-37(33)25-28)51-47(53-48)38-39(49)44(57)40(50)45(58)43(38)56/h7-25,56-58H,1,3-4H2,2,5-6H3/b17-8-,21-11-. The molecule has 9 nitrogen and oxygen atoms in total. The van der Waals surface area contributed by atoms with E-state index in [1.165, 1.54) is 0 Å². The second-order valence-corrected chi connectivity index (χ2v) is 13.9. The number of fused-ring (bicyclic) bond motifs is 3. The normalized spacial score (nSPS) is 11.7. The molecule has 0 atom stereocenters. The number of hydrogen-bond acceptors (Lipinski definition) is 7. The summed E-state index contributed by atoms with van der Waals surface area (Å²) >= 11 is 0.